The quantitative estimate of drug-likeness (QED) is 0.453. The molecule has 1 aliphatic carbocycles. The van der Waals surface area contributed by atoms with Crippen molar-refractivity contribution >= 4 is 39.3 Å². The first-order chi connectivity index (χ1) is 12.9. The van der Waals surface area contributed by atoms with Crippen LogP contribution in [0.4, 0.5) is 0 Å². The number of tetrazole rings is 1. The maximum Gasteiger partial charge on any atom is 0.240 e. The molecule has 146 valence electrons. The highest BCUT2D eigenvalue weighted by molar-refractivity contribution is 8.00. The van der Waals surface area contributed by atoms with Crippen LogP contribution >= 0.6 is 23.4 Å². The summed E-state index contributed by atoms with van der Waals surface area (Å²) in [5, 5.41) is 14.8. The minimum absolute atomic E-state index is 0.0672. The Morgan fingerprint density at radius 3 is 2.89 bits per heavy atom. The van der Waals surface area contributed by atoms with Crippen molar-refractivity contribution in [3.63, 3.8) is 0 Å². The summed E-state index contributed by atoms with van der Waals surface area (Å²) in [4.78, 5) is 12.3. The maximum atomic E-state index is 12.2. The number of carbonyl (C=O) groups excluding carboxylic acids is 1. The highest BCUT2D eigenvalue weighted by atomic mass is 35.5. The van der Waals surface area contributed by atoms with Gasteiger partial charge >= 0.3 is 0 Å². The number of carbonyl (C=O) groups is 1. The Kier molecular flexibility index (Phi) is 6.35. The zero-order valence-electron chi connectivity index (χ0n) is 14.5. The first-order valence-corrected chi connectivity index (χ1v) is 11.1. The minimum Gasteiger partial charge on any atom is -0.354 e. The molecule has 1 aromatic carbocycles. The van der Waals surface area contributed by atoms with Crippen molar-refractivity contribution in [1.82, 2.24) is 30.2 Å². The van der Waals surface area contributed by atoms with Gasteiger partial charge in [0.2, 0.25) is 21.1 Å². The number of rotatable bonds is 9. The summed E-state index contributed by atoms with van der Waals surface area (Å²) in [5.41, 5.74) is 0. The van der Waals surface area contributed by atoms with E-state index in [2.05, 4.69) is 25.6 Å². The third-order valence-electron chi connectivity index (χ3n) is 3.83. The van der Waals surface area contributed by atoms with Crippen LogP contribution in [0.5, 0.6) is 0 Å². The summed E-state index contributed by atoms with van der Waals surface area (Å²) < 4.78 is 28.5. The molecule has 1 heterocycles. The monoisotopic (exact) mass is 430 g/mol. The number of hydrogen-bond acceptors (Lipinski definition) is 7. The van der Waals surface area contributed by atoms with E-state index in [0.29, 0.717) is 16.2 Å². The fourth-order valence-corrected chi connectivity index (χ4v) is 4.47. The third-order valence-corrected chi connectivity index (χ3v) is 6.57. The van der Waals surface area contributed by atoms with E-state index in [0.717, 1.165) is 12.8 Å². The van der Waals surface area contributed by atoms with Crippen LogP contribution < -0.4 is 10.0 Å². The lowest BCUT2D eigenvalue weighted by Crippen LogP contribution is -2.37. The summed E-state index contributed by atoms with van der Waals surface area (Å²) in [6.45, 7) is 1.98. The lowest BCUT2D eigenvalue weighted by atomic mass is 10.4. The number of aromatic nitrogens is 4. The third kappa shape index (κ3) is 5.41. The minimum atomic E-state index is -3.67. The van der Waals surface area contributed by atoms with E-state index in [-0.39, 0.29) is 23.9 Å². The van der Waals surface area contributed by atoms with Crippen LogP contribution in [-0.4, -0.2) is 52.9 Å². The van der Waals surface area contributed by atoms with Crippen LogP contribution in [0.2, 0.25) is 5.02 Å². The fraction of sp³-hybridized carbons (Fsp3) is 0.467. The van der Waals surface area contributed by atoms with Gasteiger partial charge in [0.1, 0.15) is 0 Å². The largest absolute Gasteiger partial charge is 0.354 e. The second-order valence-electron chi connectivity index (χ2n) is 6.04. The number of benzene rings is 1. The summed E-state index contributed by atoms with van der Waals surface area (Å²) >= 11 is 7.09. The second-order valence-corrected chi connectivity index (χ2v) is 9.55. The molecule has 1 fully saturated rings. The molecular weight excluding hydrogens is 412 g/mol. The molecule has 1 unspecified atom stereocenters. The second kappa shape index (κ2) is 8.55. The normalized spacial score (nSPS) is 15.5. The van der Waals surface area contributed by atoms with Gasteiger partial charge in [-0.1, -0.05) is 29.4 Å². The highest BCUT2D eigenvalue weighted by Crippen LogP contribution is 2.37. The van der Waals surface area contributed by atoms with Crippen LogP contribution in [0.1, 0.15) is 25.8 Å². The Hall–Kier alpha value is -1.69. The average Bonchev–Trinajstić information content (AvgIpc) is 3.38. The smallest absolute Gasteiger partial charge is 0.240 e. The molecule has 1 aliphatic rings. The molecule has 2 N–H and O–H groups in total. The van der Waals surface area contributed by atoms with Gasteiger partial charge in [-0.3, -0.25) is 4.79 Å². The molecule has 2 aromatic rings. The van der Waals surface area contributed by atoms with Crippen molar-refractivity contribution < 1.29 is 13.2 Å². The van der Waals surface area contributed by atoms with Gasteiger partial charge in [0.05, 0.1) is 16.2 Å². The number of nitrogens with one attached hydrogen (secondary N) is 2. The lowest BCUT2D eigenvalue weighted by Gasteiger charge is -2.12. The van der Waals surface area contributed by atoms with Gasteiger partial charge in [-0.15, -0.1) is 5.10 Å². The standard InChI is InChI=1S/C15H19ClN6O3S2/c1-10(26-15-19-20-21-22(15)12-5-6-12)14(23)17-7-8-18-27(24,25)13-4-2-3-11(16)9-13/h2-4,9-10,12,18H,5-8H2,1H3,(H,17,23). The van der Waals surface area contributed by atoms with Gasteiger partial charge in [-0.25, -0.2) is 17.8 Å². The van der Waals surface area contributed by atoms with Crippen molar-refractivity contribution in [2.24, 2.45) is 0 Å². The summed E-state index contributed by atoms with van der Waals surface area (Å²) in [6, 6.07) is 6.31. The van der Waals surface area contributed by atoms with Crippen molar-refractivity contribution in [2.75, 3.05) is 13.1 Å². The van der Waals surface area contributed by atoms with Gasteiger partial charge in [0.15, 0.2) is 0 Å². The SMILES string of the molecule is CC(Sc1nnnn1C1CC1)C(=O)NCCNS(=O)(=O)c1cccc(Cl)c1. The Bertz CT molecular complexity index is 916. The molecule has 1 amide bonds. The number of thioether (sulfide) groups is 1. The molecule has 1 aromatic heterocycles. The Labute approximate surface area is 166 Å². The molecule has 0 aliphatic heterocycles. The molecule has 0 radical (unpaired) electrons. The average molecular weight is 431 g/mol. The van der Waals surface area contributed by atoms with E-state index in [1.54, 1.807) is 23.7 Å². The summed E-state index contributed by atoms with van der Waals surface area (Å²) in [7, 11) is -3.67. The molecule has 0 bridgehead atoms. The van der Waals surface area contributed by atoms with Crippen molar-refractivity contribution in [1.29, 1.82) is 0 Å². The number of amides is 1. The predicted molar refractivity (Wildman–Crippen MR) is 101 cm³/mol. The number of hydrogen-bond donors (Lipinski definition) is 2. The van der Waals surface area contributed by atoms with Gasteiger partial charge in [0, 0.05) is 18.1 Å². The molecule has 12 heteroatoms. The van der Waals surface area contributed by atoms with Gasteiger partial charge < -0.3 is 5.32 Å². The van der Waals surface area contributed by atoms with Crippen LogP contribution in [0.3, 0.4) is 0 Å². The molecule has 1 atom stereocenters. The Morgan fingerprint density at radius 2 is 2.19 bits per heavy atom. The summed E-state index contributed by atoms with van der Waals surface area (Å²) in [6.07, 6.45) is 2.10. The van der Waals surface area contributed by atoms with E-state index in [4.69, 9.17) is 11.6 Å². The van der Waals surface area contributed by atoms with E-state index >= 15 is 0 Å². The fourth-order valence-electron chi connectivity index (χ4n) is 2.26. The first-order valence-electron chi connectivity index (χ1n) is 8.34. The van der Waals surface area contributed by atoms with E-state index in [1.807, 2.05) is 0 Å². The summed E-state index contributed by atoms with van der Waals surface area (Å²) in [5.74, 6) is -0.215. The van der Waals surface area contributed by atoms with Crippen LogP contribution in [0.25, 0.3) is 0 Å². The van der Waals surface area contributed by atoms with Gasteiger partial charge in [-0.2, -0.15) is 0 Å². The first kappa shape index (κ1) is 20.1. The number of nitrogens with zero attached hydrogens (tertiary/aromatic N) is 4. The van der Waals surface area contributed by atoms with Crippen LogP contribution in [-0.2, 0) is 14.8 Å². The Morgan fingerprint density at radius 1 is 1.41 bits per heavy atom. The van der Waals surface area contributed by atoms with E-state index in [1.165, 1.54) is 23.9 Å². The van der Waals surface area contributed by atoms with Crippen molar-refractivity contribution in [2.45, 2.75) is 41.1 Å². The maximum absolute atomic E-state index is 12.2. The molecule has 0 spiro atoms. The van der Waals surface area contributed by atoms with Gasteiger partial charge in [0.25, 0.3) is 0 Å². The zero-order chi connectivity index (χ0) is 19.4. The zero-order valence-corrected chi connectivity index (χ0v) is 16.9. The number of sulfonamides is 1. The Balaban J connectivity index is 1.44. The molecule has 9 nitrogen and oxygen atoms in total. The molecule has 27 heavy (non-hydrogen) atoms. The highest BCUT2D eigenvalue weighted by Gasteiger charge is 2.29. The predicted octanol–water partition coefficient (Wildman–Crippen LogP) is 1.24. The molecule has 0 saturated heterocycles. The topological polar surface area (TPSA) is 119 Å². The molecular formula is C15H19ClN6O3S2. The van der Waals surface area contributed by atoms with Gasteiger partial charge in [-0.05, 0) is 48.4 Å². The number of halogens is 1. The van der Waals surface area contributed by atoms with E-state index < -0.39 is 15.3 Å². The lowest BCUT2D eigenvalue weighted by molar-refractivity contribution is -0.120. The van der Waals surface area contributed by atoms with Crippen LogP contribution in [0.15, 0.2) is 34.3 Å². The van der Waals surface area contributed by atoms with Crippen molar-refractivity contribution in [3.05, 3.63) is 29.3 Å². The molecule has 3 rings (SSSR count). The molecule has 1 saturated carbocycles. The van der Waals surface area contributed by atoms with Crippen LogP contribution in [0, 0.1) is 0 Å². The van der Waals surface area contributed by atoms with Crippen molar-refractivity contribution in [3.8, 4) is 0 Å². The van der Waals surface area contributed by atoms with E-state index in [9.17, 15) is 13.2 Å².